The summed E-state index contributed by atoms with van der Waals surface area (Å²) in [7, 11) is 0. The number of unbranched alkanes of at least 4 members (excludes halogenated alkanes) is 15. The largest absolute Gasteiger partial charge is 0.356 e. The third-order valence-electron chi connectivity index (χ3n) is 8.35. The van der Waals surface area contributed by atoms with Gasteiger partial charge in [-0.3, -0.25) is 4.79 Å². The molecule has 0 spiro atoms. The molecule has 0 aliphatic carbocycles. The number of carbonyl (C=O) groups is 1. The average molecular weight is 560 g/mol. The molecule has 226 valence electrons. The first-order valence-electron chi connectivity index (χ1n) is 17.0. The van der Waals surface area contributed by atoms with Crippen molar-refractivity contribution in [2.24, 2.45) is 0 Å². The minimum Gasteiger partial charge on any atom is -0.356 e. The van der Waals surface area contributed by atoms with Crippen LogP contribution < -0.4 is 5.32 Å². The molecule has 0 aliphatic rings. The number of fused-ring (bicyclic) bond motifs is 1. The van der Waals surface area contributed by atoms with Gasteiger partial charge in [-0.15, -0.1) is 0 Å². The molecule has 41 heavy (non-hydrogen) atoms. The molecule has 0 fully saturated rings. The van der Waals surface area contributed by atoms with Crippen molar-refractivity contribution in [3.05, 3.63) is 66.0 Å². The van der Waals surface area contributed by atoms with E-state index in [0.29, 0.717) is 6.42 Å². The number of aromatic nitrogens is 2. The number of para-hydroxylation sites is 2. The van der Waals surface area contributed by atoms with E-state index in [1.165, 1.54) is 107 Å². The highest BCUT2D eigenvalue weighted by Gasteiger charge is 2.10. The molecule has 0 atom stereocenters. The van der Waals surface area contributed by atoms with Gasteiger partial charge in [0.15, 0.2) is 0 Å². The maximum absolute atomic E-state index is 12.2. The molecule has 0 saturated heterocycles. The van der Waals surface area contributed by atoms with Crippen molar-refractivity contribution >= 4 is 16.9 Å². The lowest BCUT2D eigenvalue weighted by molar-refractivity contribution is -0.121. The van der Waals surface area contributed by atoms with Crippen LogP contribution in [0.25, 0.3) is 11.0 Å². The first-order valence-corrected chi connectivity index (χ1v) is 17.0. The fourth-order valence-electron chi connectivity index (χ4n) is 5.83. The summed E-state index contributed by atoms with van der Waals surface area (Å²) >= 11 is 0. The SMILES string of the molecule is CCCCCCCCCCCCCCCCn1c(CCCCCNC(=O)CCc2ccccc2)nc2ccccc21. The van der Waals surface area contributed by atoms with E-state index in [2.05, 4.69) is 53.2 Å². The molecule has 4 heteroatoms. The van der Waals surface area contributed by atoms with Gasteiger partial charge in [0.05, 0.1) is 11.0 Å². The predicted octanol–water partition coefficient (Wildman–Crippen LogP) is 9.98. The molecule has 0 saturated carbocycles. The van der Waals surface area contributed by atoms with Crippen LogP contribution in [0, 0.1) is 0 Å². The van der Waals surface area contributed by atoms with E-state index >= 15 is 0 Å². The number of hydrogen-bond donors (Lipinski definition) is 1. The Balaban J connectivity index is 1.25. The Bertz CT molecular complexity index is 1070. The minimum absolute atomic E-state index is 0.156. The highest BCUT2D eigenvalue weighted by molar-refractivity contribution is 5.76. The van der Waals surface area contributed by atoms with E-state index in [1.807, 2.05) is 18.2 Å². The predicted molar refractivity (Wildman–Crippen MR) is 175 cm³/mol. The molecule has 3 aromatic rings. The van der Waals surface area contributed by atoms with Crippen LogP contribution in [0.1, 0.15) is 134 Å². The van der Waals surface area contributed by atoms with Crippen LogP contribution in [-0.2, 0) is 24.2 Å². The number of hydrogen-bond acceptors (Lipinski definition) is 2. The van der Waals surface area contributed by atoms with Crippen LogP contribution >= 0.6 is 0 Å². The number of nitrogens with zero attached hydrogens (tertiary/aromatic N) is 2. The van der Waals surface area contributed by atoms with Gasteiger partial charge in [-0.1, -0.05) is 139 Å². The smallest absolute Gasteiger partial charge is 0.220 e. The Labute approximate surface area is 250 Å². The number of imidazole rings is 1. The molecular formula is C37H57N3O. The molecule has 1 aromatic heterocycles. The van der Waals surface area contributed by atoms with Gasteiger partial charge in [0.1, 0.15) is 5.82 Å². The molecule has 1 N–H and O–H groups in total. The van der Waals surface area contributed by atoms with Crippen molar-refractivity contribution in [1.82, 2.24) is 14.9 Å². The molecule has 1 heterocycles. The monoisotopic (exact) mass is 559 g/mol. The van der Waals surface area contributed by atoms with E-state index in [0.717, 1.165) is 50.7 Å². The average Bonchev–Trinajstić information content (AvgIpc) is 3.35. The van der Waals surface area contributed by atoms with Crippen LogP contribution in [0.5, 0.6) is 0 Å². The molecule has 0 radical (unpaired) electrons. The molecule has 1 amide bonds. The second-order valence-electron chi connectivity index (χ2n) is 11.9. The number of amides is 1. The summed E-state index contributed by atoms with van der Waals surface area (Å²) < 4.78 is 2.47. The van der Waals surface area contributed by atoms with Gasteiger partial charge in [0, 0.05) is 25.9 Å². The van der Waals surface area contributed by atoms with Crippen LogP contribution in [0.3, 0.4) is 0 Å². The topological polar surface area (TPSA) is 46.9 Å². The minimum atomic E-state index is 0.156. The zero-order valence-corrected chi connectivity index (χ0v) is 26.1. The number of rotatable bonds is 24. The third kappa shape index (κ3) is 13.7. The third-order valence-corrected chi connectivity index (χ3v) is 8.35. The van der Waals surface area contributed by atoms with Crippen LogP contribution in [0.2, 0.25) is 0 Å². The van der Waals surface area contributed by atoms with Crippen molar-refractivity contribution in [3.8, 4) is 0 Å². The van der Waals surface area contributed by atoms with E-state index in [-0.39, 0.29) is 5.91 Å². The Kier molecular flexibility index (Phi) is 17.0. The molecular weight excluding hydrogens is 502 g/mol. The summed E-state index contributed by atoms with van der Waals surface area (Å²) in [6.07, 6.45) is 25.1. The fraction of sp³-hybridized carbons (Fsp3) is 0.622. The van der Waals surface area contributed by atoms with E-state index in [1.54, 1.807) is 0 Å². The molecule has 0 bridgehead atoms. The lowest BCUT2D eigenvalue weighted by atomic mass is 10.0. The van der Waals surface area contributed by atoms with Gasteiger partial charge < -0.3 is 9.88 Å². The Morgan fingerprint density at radius 1 is 0.659 bits per heavy atom. The van der Waals surface area contributed by atoms with E-state index < -0.39 is 0 Å². The lowest BCUT2D eigenvalue weighted by Crippen LogP contribution is -2.24. The standard InChI is InChI=1S/C37H57N3O/c1-2-3-4-5-6-7-8-9-10-11-12-13-14-23-32-40-35-27-21-20-26-34(35)39-36(40)28-19-16-22-31-38-37(41)30-29-33-24-17-15-18-25-33/h15,17-18,20-21,24-27H,2-14,16,19,22-23,28-32H2,1H3,(H,38,41). The van der Waals surface area contributed by atoms with Gasteiger partial charge in [-0.2, -0.15) is 0 Å². The summed E-state index contributed by atoms with van der Waals surface area (Å²) in [4.78, 5) is 17.2. The van der Waals surface area contributed by atoms with Gasteiger partial charge >= 0.3 is 0 Å². The molecule has 0 aliphatic heterocycles. The fourth-order valence-corrected chi connectivity index (χ4v) is 5.83. The maximum atomic E-state index is 12.2. The van der Waals surface area contributed by atoms with Crippen LogP contribution in [-0.4, -0.2) is 22.0 Å². The second-order valence-corrected chi connectivity index (χ2v) is 11.9. The number of carbonyl (C=O) groups excluding carboxylic acids is 1. The highest BCUT2D eigenvalue weighted by atomic mass is 16.1. The van der Waals surface area contributed by atoms with Crippen molar-refractivity contribution in [1.29, 1.82) is 0 Å². The molecule has 0 unspecified atom stereocenters. The van der Waals surface area contributed by atoms with Crippen molar-refractivity contribution in [2.75, 3.05) is 6.54 Å². The molecule has 2 aromatic carbocycles. The van der Waals surface area contributed by atoms with Gasteiger partial charge in [0.25, 0.3) is 0 Å². The van der Waals surface area contributed by atoms with Crippen LogP contribution in [0.4, 0.5) is 0 Å². The summed E-state index contributed by atoms with van der Waals surface area (Å²) in [6.45, 7) is 4.13. The first kappa shape index (κ1) is 32.9. The lowest BCUT2D eigenvalue weighted by Gasteiger charge is -2.10. The zero-order chi connectivity index (χ0) is 28.8. The summed E-state index contributed by atoms with van der Waals surface area (Å²) in [6, 6.07) is 18.8. The van der Waals surface area contributed by atoms with Gasteiger partial charge in [0.2, 0.25) is 5.91 Å². The maximum Gasteiger partial charge on any atom is 0.220 e. The second kappa shape index (κ2) is 21.1. The van der Waals surface area contributed by atoms with Gasteiger partial charge in [-0.05, 0) is 43.4 Å². The Morgan fingerprint density at radius 2 is 1.24 bits per heavy atom. The number of nitrogens with one attached hydrogen (secondary N) is 1. The highest BCUT2D eigenvalue weighted by Crippen LogP contribution is 2.20. The van der Waals surface area contributed by atoms with E-state index in [9.17, 15) is 4.79 Å². The van der Waals surface area contributed by atoms with E-state index in [4.69, 9.17) is 4.98 Å². The summed E-state index contributed by atoms with van der Waals surface area (Å²) in [5, 5.41) is 3.09. The summed E-state index contributed by atoms with van der Waals surface area (Å²) in [5.41, 5.74) is 3.63. The Morgan fingerprint density at radius 3 is 1.93 bits per heavy atom. The number of benzene rings is 2. The summed E-state index contributed by atoms with van der Waals surface area (Å²) in [5.74, 6) is 1.39. The molecule has 4 nitrogen and oxygen atoms in total. The zero-order valence-electron chi connectivity index (χ0n) is 26.1. The Hall–Kier alpha value is -2.62. The van der Waals surface area contributed by atoms with Crippen molar-refractivity contribution < 1.29 is 4.79 Å². The number of aryl methyl sites for hydroxylation is 3. The molecule has 3 rings (SSSR count). The quantitative estimate of drug-likeness (QED) is 0.111. The van der Waals surface area contributed by atoms with Crippen molar-refractivity contribution in [3.63, 3.8) is 0 Å². The van der Waals surface area contributed by atoms with Crippen LogP contribution in [0.15, 0.2) is 54.6 Å². The van der Waals surface area contributed by atoms with Gasteiger partial charge in [-0.25, -0.2) is 4.98 Å². The van der Waals surface area contributed by atoms with Crippen molar-refractivity contribution in [2.45, 2.75) is 142 Å². The first-order chi connectivity index (χ1) is 20.3. The normalized spacial score (nSPS) is 11.3.